The van der Waals surface area contributed by atoms with Gasteiger partial charge in [-0.2, -0.15) is 8.75 Å². The summed E-state index contributed by atoms with van der Waals surface area (Å²) in [6.07, 6.45) is 0.0205. The van der Waals surface area contributed by atoms with Gasteiger partial charge >= 0.3 is 5.97 Å². The van der Waals surface area contributed by atoms with Crippen molar-refractivity contribution >= 4 is 40.3 Å². The van der Waals surface area contributed by atoms with Gasteiger partial charge in [0, 0.05) is 6.54 Å². The van der Waals surface area contributed by atoms with Crippen LogP contribution < -0.4 is 5.32 Å². The first kappa shape index (κ1) is 15.3. The number of carbonyl (C=O) groups excluding carboxylic acids is 1. The number of hydrogen-bond donors (Lipinski definition) is 2. The molecule has 21 heavy (non-hydrogen) atoms. The number of hydrogen-bond acceptors (Lipinski definition) is 6. The van der Waals surface area contributed by atoms with Crippen LogP contribution in [-0.2, 0) is 9.59 Å². The Labute approximate surface area is 125 Å². The SMILES string of the molecule is CCN(CCC(=O)O)CC(=O)Nc1cccc2nsnc12. The number of carboxylic acids is 1. The summed E-state index contributed by atoms with van der Waals surface area (Å²) in [6, 6.07) is 5.41. The van der Waals surface area contributed by atoms with E-state index in [2.05, 4.69) is 14.1 Å². The van der Waals surface area contributed by atoms with Crippen LogP contribution >= 0.6 is 11.7 Å². The lowest BCUT2D eigenvalue weighted by molar-refractivity contribution is -0.137. The summed E-state index contributed by atoms with van der Waals surface area (Å²) in [5.41, 5.74) is 2.04. The summed E-state index contributed by atoms with van der Waals surface area (Å²) in [5, 5.41) is 11.5. The second-order valence-electron chi connectivity index (χ2n) is 4.50. The third-order valence-electron chi connectivity index (χ3n) is 3.02. The molecule has 2 rings (SSSR count). The predicted molar refractivity (Wildman–Crippen MR) is 80.4 cm³/mol. The average Bonchev–Trinajstić information content (AvgIpc) is 2.92. The molecule has 0 atom stereocenters. The molecule has 0 fully saturated rings. The number of carboxylic acid groups (broad SMARTS) is 1. The molecule has 0 spiro atoms. The standard InChI is InChI=1S/C13H16N4O3S/c1-2-17(7-6-12(19)20)8-11(18)14-9-4-3-5-10-13(9)16-21-15-10/h3-5H,2,6-8H2,1H3,(H,14,18)(H,19,20). The van der Waals surface area contributed by atoms with E-state index in [1.54, 1.807) is 17.0 Å². The molecule has 0 saturated heterocycles. The zero-order chi connectivity index (χ0) is 15.2. The number of amides is 1. The molecule has 1 amide bonds. The van der Waals surface area contributed by atoms with Crippen molar-refractivity contribution in [3.8, 4) is 0 Å². The van der Waals surface area contributed by atoms with Crippen molar-refractivity contribution in [1.29, 1.82) is 0 Å². The van der Waals surface area contributed by atoms with Gasteiger partial charge in [0.05, 0.1) is 30.4 Å². The quantitative estimate of drug-likeness (QED) is 0.803. The predicted octanol–water partition coefficient (Wildman–Crippen LogP) is 1.43. The van der Waals surface area contributed by atoms with Gasteiger partial charge in [-0.15, -0.1) is 0 Å². The van der Waals surface area contributed by atoms with Crippen LogP contribution in [0.3, 0.4) is 0 Å². The van der Waals surface area contributed by atoms with E-state index in [-0.39, 0.29) is 18.9 Å². The average molecular weight is 308 g/mol. The van der Waals surface area contributed by atoms with Gasteiger partial charge in [0.25, 0.3) is 0 Å². The number of likely N-dealkylation sites (N-methyl/N-ethyl adjacent to an activating group) is 1. The molecule has 7 nitrogen and oxygen atoms in total. The van der Waals surface area contributed by atoms with Gasteiger partial charge < -0.3 is 10.4 Å². The zero-order valence-corrected chi connectivity index (χ0v) is 12.4. The molecule has 112 valence electrons. The summed E-state index contributed by atoms with van der Waals surface area (Å²) in [7, 11) is 0. The Morgan fingerprint density at radius 2 is 2.19 bits per heavy atom. The fraction of sp³-hybridized carbons (Fsp3) is 0.385. The number of aliphatic carboxylic acids is 1. The van der Waals surface area contributed by atoms with E-state index in [0.717, 1.165) is 17.2 Å². The molecule has 0 aliphatic carbocycles. The number of fused-ring (bicyclic) bond motifs is 1. The van der Waals surface area contributed by atoms with E-state index in [4.69, 9.17) is 5.11 Å². The summed E-state index contributed by atoms with van der Waals surface area (Å²) in [4.78, 5) is 24.4. The van der Waals surface area contributed by atoms with E-state index in [0.29, 0.717) is 24.3 Å². The number of benzene rings is 1. The maximum atomic E-state index is 12.0. The van der Waals surface area contributed by atoms with Gasteiger partial charge in [-0.1, -0.05) is 13.0 Å². The Kier molecular flexibility index (Phi) is 5.18. The molecule has 0 aliphatic heterocycles. The van der Waals surface area contributed by atoms with Crippen molar-refractivity contribution in [1.82, 2.24) is 13.6 Å². The normalized spacial score (nSPS) is 11.0. The minimum absolute atomic E-state index is 0.0205. The summed E-state index contributed by atoms with van der Waals surface area (Å²) >= 11 is 1.10. The molecule has 0 saturated carbocycles. The Balaban J connectivity index is 1.97. The molecule has 0 bridgehead atoms. The number of carbonyl (C=O) groups is 2. The smallest absolute Gasteiger partial charge is 0.304 e. The van der Waals surface area contributed by atoms with E-state index in [1.165, 1.54) is 0 Å². The lowest BCUT2D eigenvalue weighted by Crippen LogP contribution is -2.34. The minimum atomic E-state index is -0.868. The van der Waals surface area contributed by atoms with E-state index in [9.17, 15) is 9.59 Å². The Morgan fingerprint density at radius 1 is 1.38 bits per heavy atom. The van der Waals surface area contributed by atoms with Gasteiger partial charge in [0.1, 0.15) is 11.0 Å². The van der Waals surface area contributed by atoms with Crippen LogP contribution in [0.15, 0.2) is 18.2 Å². The number of nitrogens with zero attached hydrogens (tertiary/aromatic N) is 3. The molecular formula is C13H16N4O3S. The molecule has 1 heterocycles. The third-order valence-corrected chi connectivity index (χ3v) is 3.56. The minimum Gasteiger partial charge on any atom is -0.481 e. The van der Waals surface area contributed by atoms with Crippen molar-refractivity contribution in [2.75, 3.05) is 25.0 Å². The lowest BCUT2D eigenvalue weighted by atomic mass is 10.2. The second-order valence-corrected chi connectivity index (χ2v) is 5.03. The highest BCUT2D eigenvalue weighted by atomic mass is 32.1. The van der Waals surface area contributed by atoms with Crippen LogP contribution in [-0.4, -0.2) is 50.3 Å². The first-order valence-corrected chi connectivity index (χ1v) is 7.28. The maximum Gasteiger partial charge on any atom is 0.304 e. The zero-order valence-electron chi connectivity index (χ0n) is 11.6. The van der Waals surface area contributed by atoms with Gasteiger partial charge in [0.15, 0.2) is 0 Å². The van der Waals surface area contributed by atoms with E-state index in [1.807, 2.05) is 13.0 Å². The molecule has 2 N–H and O–H groups in total. The van der Waals surface area contributed by atoms with Crippen LogP contribution in [0.4, 0.5) is 5.69 Å². The largest absolute Gasteiger partial charge is 0.481 e. The van der Waals surface area contributed by atoms with E-state index < -0.39 is 5.97 Å². The fourth-order valence-electron chi connectivity index (χ4n) is 1.90. The number of nitrogens with one attached hydrogen (secondary N) is 1. The molecule has 2 aromatic rings. The first-order chi connectivity index (χ1) is 10.1. The molecular weight excluding hydrogens is 292 g/mol. The molecule has 0 radical (unpaired) electrons. The number of rotatable bonds is 7. The first-order valence-electron chi connectivity index (χ1n) is 6.55. The van der Waals surface area contributed by atoms with E-state index >= 15 is 0 Å². The van der Waals surface area contributed by atoms with Gasteiger partial charge in [-0.25, -0.2) is 0 Å². The monoisotopic (exact) mass is 308 g/mol. The van der Waals surface area contributed by atoms with Gasteiger partial charge in [-0.05, 0) is 18.7 Å². The van der Waals surface area contributed by atoms with Crippen molar-refractivity contribution < 1.29 is 14.7 Å². The molecule has 0 unspecified atom stereocenters. The van der Waals surface area contributed by atoms with Gasteiger partial charge in [-0.3, -0.25) is 14.5 Å². The summed E-state index contributed by atoms with van der Waals surface area (Å²) in [6.45, 7) is 3.00. The summed E-state index contributed by atoms with van der Waals surface area (Å²) in [5.74, 6) is -1.06. The van der Waals surface area contributed by atoms with Crippen molar-refractivity contribution in [3.63, 3.8) is 0 Å². The molecule has 1 aromatic heterocycles. The van der Waals surface area contributed by atoms with Crippen LogP contribution in [0.2, 0.25) is 0 Å². The Hall–Kier alpha value is -2.06. The Morgan fingerprint density at radius 3 is 2.90 bits per heavy atom. The van der Waals surface area contributed by atoms with Gasteiger partial charge in [0.2, 0.25) is 5.91 Å². The second kappa shape index (κ2) is 7.09. The van der Waals surface area contributed by atoms with Crippen LogP contribution in [0.25, 0.3) is 11.0 Å². The molecule has 8 heteroatoms. The number of anilines is 1. The molecule has 0 aliphatic rings. The van der Waals surface area contributed by atoms with Crippen LogP contribution in [0.1, 0.15) is 13.3 Å². The Bertz CT molecular complexity index is 643. The maximum absolute atomic E-state index is 12.0. The third kappa shape index (κ3) is 4.20. The molecule has 1 aromatic carbocycles. The highest BCUT2D eigenvalue weighted by Crippen LogP contribution is 2.20. The lowest BCUT2D eigenvalue weighted by Gasteiger charge is -2.18. The topological polar surface area (TPSA) is 95.4 Å². The highest BCUT2D eigenvalue weighted by Gasteiger charge is 2.13. The summed E-state index contributed by atoms with van der Waals surface area (Å²) < 4.78 is 8.27. The number of aromatic nitrogens is 2. The van der Waals surface area contributed by atoms with Crippen LogP contribution in [0.5, 0.6) is 0 Å². The van der Waals surface area contributed by atoms with Crippen molar-refractivity contribution in [2.24, 2.45) is 0 Å². The van der Waals surface area contributed by atoms with Crippen molar-refractivity contribution in [3.05, 3.63) is 18.2 Å². The van der Waals surface area contributed by atoms with Crippen LogP contribution in [0, 0.1) is 0 Å². The fourth-order valence-corrected chi connectivity index (χ4v) is 2.45. The van der Waals surface area contributed by atoms with Crippen molar-refractivity contribution in [2.45, 2.75) is 13.3 Å². The highest BCUT2D eigenvalue weighted by molar-refractivity contribution is 7.00.